The molecule has 1 heterocycles. The van der Waals surface area contributed by atoms with E-state index in [0.29, 0.717) is 11.6 Å². The van der Waals surface area contributed by atoms with E-state index >= 15 is 0 Å². The van der Waals surface area contributed by atoms with Gasteiger partial charge in [0.1, 0.15) is 0 Å². The Morgan fingerprint density at radius 2 is 2.08 bits per heavy atom. The Hall–Kier alpha value is -1.85. The zero-order valence-electron chi connectivity index (χ0n) is 13.1. The van der Waals surface area contributed by atoms with Gasteiger partial charge in [0.2, 0.25) is 11.8 Å². The molecule has 0 aromatic heterocycles. The topological polar surface area (TPSA) is 49.4 Å². The number of rotatable bonds is 3. The fourth-order valence-electron chi connectivity index (χ4n) is 2.74. The molecule has 2 aromatic rings. The zero-order valence-corrected chi connectivity index (χ0v) is 15.4. The summed E-state index contributed by atoms with van der Waals surface area (Å²) < 4.78 is 0.895. The molecular weight excluding hydrogens is 392 g/mol. The first-order valence-corrected chi connectivity index (χ1v) is 8.74. The molecule has 1 N–H and O–H groups in total. The number of amides is 2. The van der Waals surface area contributed by atoms with Crippen LogP contribution in [-0.2, 0) is 9.59 Å². The summed E-state index contributed by atoms with van der Waals surface area (Å²) in [7, 11) is 0. The van der Waals surface area contributed by atoms with E-state index in [0.717, 1.165) is 21.4 Å². The summed E-state index contributed by atoms with van der Waals surface area (Å²) in [4.78, 5) is 26.4. The largest absolute Gasteiger partial charge is 0.325 e. The van der Waals surface area contributed by atoms with Gasteiger partial charge in [-0.25, -0.2) is 0 Å². The molecule has 3 rings (SSSR count). The van der Waals surface area contributed by atoms with Crippen LogP contribution in [0.4, 0.5) is 11.4 Å². The molecule has 24 heavy (non-hydrogen) atoms. The average molecular weight is 408 g/mol. The first kappa shape index (κ1) is 17.0. The maximum Gasteiger partial charge on any atom is 0.229 e. The highest BCUT2D eigenvalue weighted by Crippen LogP contribution is 2.28. The quantitative estimate of drug-likeness (QED) is 0.819. The van der Waals surface area contributed by atoms with Crippen LogP contribution < -0.4 is 10.2 Å². The van der Waals surface area contributed by atoms with E-state index < -0.39 is 0 Å². The van der Waals surface area contributed by atoms with E-state index in [4.69, 9.17) is 11.6 Å². The highest BCUT2D eigenvalue weighted by molar-refractivity contribution is 9.10. The fourth-order valence-corrected chi connectivity index (χ4v) is 3.29. The monoisotopic (exact) mass is 406 g/mol. The van der Waals surface area contributed by atoms with Crippen LogP contribution in [0.5, 0.6) is 0 Å². The SMILES string of the molecule is Cc1ccc(Br)cc1NC(=O)C1CC(=O)N(c2cccc(Cl)c2)C1. The predicted octanol–water partition coefficient (Wildman–Crippen LogP) is 4.40. The molecule has 0 aliphatic carbocycles. The van der Waals surface area contributed by atoms with E-state index in [-0.39, 0.29) is 24.2 Å². The van der Waals surface area contributed by atoms with Crippen LogP contribution in [0.25, 0.3) is 0 Å². The zero-order chi connectivity index (χ0) is 17.3. The third-order valence-electron chi connectivity index (χ3n) is 4.07. The second-order valence-electron chi connectivity index (χ2n) is 5.83. The molecule has 2 amide bonds. The lowest BCUT2D eigenvalue weighted by Crippen LogP contribution is -2.28. The molecule has 1 saturated heterocycles. The lowest BCUT2D eigenvalue weighted by Gasteiger charge is -2.17. The average Bonchev–Trinajstić information content (AvgIpc) is 2.93. The van der Waals surface area contributed by atoms with Gasteiger partial charge in [-0.3, -0.25) is 9.59 Å². The maximum absolute atomic E-state index is 12.5. The van der Waals surface area contributed by atoms with Crippen LogP contribution in [0.3, 0.4) is 0 Å². The Balaban J connectivity index is 1.73. The lowest BCUT2D eigenvalue weighted by atomic mass is 10.1. The van der Waals surface area contributed by atoms with Gasteiger partial charge in [-0.1, -0.05) is 39.7 Å². The summed E-state index contributed by atoms with van der Waals surface area (Å²) in [6, 6.07) is 12.8. The van der Waals surface area contributed by atoms with Gasteiger partial charge in [0, 0.05) is 33.8 Å². The molecule has 1 fully saturated rings. The van der Waals surface area contributed by atoms with E-state index in [1.165, 1.54) is 0 Å². The number of halogens is 2. The molecule has 4 nitrogen and oxygen atoms in total. The number of carbonyl (C=O) groups excluding carboxylic acids is 2. The molecule has 1 aliphatic rings. The van der Waals surface area contributed by atoms with Crippen molar-refractivity contribution in [3.8, 4) is 0 Å². The number of anilines is 2. The van der Waals surface area contributed by atoms with Crippen molar-refractivity contribution in [2.24, 2.45) is 5.92 Å². The first-order valence-electron chi connectivity index (χ1n) is 7.57. The van der Waals surface area contributed by atoms with Crippen LogP contribution in [-0.4, -0.2) is 18.4 Å². The summed E-state index contributed by atoms with van der Waals surface area (Å²) in [5.41, 5.74) is 2.45. The Labute approximate surface area is 153 Å². The van der Waals surface area contributed by atoms with E-state index in [1.807, 2.05) is 31.2 Å². The minimum Gasteiger partial charge on any atom is -0.325 e. The van der Waals surface area contributed by atoms with Gasteiger partial charge in [-0.05, 0) is 42.8 Å². The highest BCUT2D eigenvalue weighted by atomic mass is 79.9. The van der Waals surface area contributed by atoms with Gasteiger partial charge in [0.15, 0.2) is 0 Å². The molecule has 0 spiro atoms. The van der Waals surface area contributed by atoms with Crippen molar-refractivity contribution in [3.05, 3.63) is 57.5 Å². The van der Waals surface area contributed by atoms with Crippen LogP contribution in [0.15, 0.2) is 46.9 Å². The molecule has 0 bridgehead atoms. The van der Waals surface area contributed by atoms with Crippen LogP contribution in [0.1, 0.15) is 12.0 Å². The highest BCUT2D eigenvalue weighted by Gasteiger charge is 2.35. The molecule has 124 valence electrons. The molecule has 1 aliphatic heterocycles. The van der Waals surface area contributed by atoms with Crippen molar-refractivity contribution in [2.75, 3.05) is 16.8 Å². The molecule has 2 aromatic carbocycles. The van der Waals surface area contributed by atoms with Gasteiger partial charge in [-0.2, -0.15) is 0 Å². The number of carbonyl (C=O) groups is 2. The van der Waals surface area contributed by atoms with Crippen LogP contribution in [0.2, 0.25) is 5.02 Å². The Morgan fingerprint density at radius 1 is 1.29 bits per heavy atom. The summed E-state index contributed by atoms with van der Waals surface area (Å²) in [6.07, 6.45) is 0.200. The standard InChI is InChI=1S/C18H16BrClN2O2/c1-11-5-6-13(19)8-16(11)21-18(24)12-7-17(23)22(10-12)15-4-2-3-14(20)9-15/h2-6,8-9,12H,7,10H2,1H3,(H,21,24). The lowest BCUT2D eigenvalue weighted by molar-refractivity contribution is -0.122. The van der Waals surface area contributed by atoms with Crippen molar-refractivity contribution in [2.45, 2.75) is 13.3 Å². The second-order valence-corrected chi connectivity index (χ2v) is 7.19. The maximum atomic E-state index is 12.5. The Morgan fingerprint density at radius 3 is 2.83 bits per heavy atom. The van der Waals surface area contributed by atoms with E-state index in [9.17, 15) is 9.59 Å². The van der Waals surface area contributed by atoms with Crippen molar-refractivity contribution < 1.29 is 9.59 Å². The number of benzene rings is 2. The summed E-state index contributed by atoms with van der Waals surface area (Å²) in [5, 5.41) is 3.49. The molecule has 1 atom stereocenters. The fraction of sp³-hybridized carbons (Fsp3) is 0.222. The molecule has 6 heteroatoms. The number of hydrogen-bond donors (Lipinski definition) is 1. The summed E-state index contributed by atoms with van der Waals surface area (Å²) in [5.74, 6) is -0.590. The predicted molar refractivity (Wildman–Crippen MR) is 99.4 cm³/mol. The van der Waals surface area contributed by atoms with Crippen LogP contribution in [0, 0.1) is 12.8 Å². The van der Waals surface area contributed by atoms with Crippen molar-refractivity contribution in [3.63, 3.8) is 0 Å². The summed E-state index contributed by atoms with van der Waals surface area (Å²) >= 11 is 9.39. The molecule has 0 radical (unpaired) electrons. The molecule has 1 unspecified atom stereocenters. The number of nitrogens with one attached hydrogen (secondary N) is 1. The van der Waals surface area contributed by atoms with E-state index in [1.54, 1.807) is 23.1 Å². The number of hydrogen-bond acceptors (Lipinski definition) is 2. The van der Waals surface area contributed by atoms with E-state index in [2.05, 4.69) is 21.2 Å². The van der Waals surface area contributed by atoms with Gasteiger partial charge >= 0.3 is 0 Å². The van der Waals surface area contributed by atoms with Gasteiger partial charge in [0.05, 0.1) is 5.92 Å². The first-order chi connectivity index (χ1) is 11.4. The van der Waals surface area contributed by atoms with Gasteiger partial charge in [-0.15, -0.1) is 0 Å². The number of nitrogens with zero attached hydrogens (tertiary/aromatic N) is 1. The normalized spacial score (nSPS) is 17.2. The van der Waals surface area contributed by atoms with Gasteiger partial charge in [0.25, 0.3) is 0 Å². The van der Waals surface area contributed by atoms with Crippen molar-refractivity contribution in [1.29, 1.82) is 0 Å². The summed E-state index contributed by atoms with van der Waals surface area (Å²) in [6.45, 7) is 2.29. The minimum absolute atomic E-state index is 0.0663. The third kappa shape index (κ3) is 3.62. The van der Waals surface area contributed by atoms with Crippen molar-refractivity contribution >= 4 is 50.7 Å². The van der Waals surface area contributed by atoms with Gasteiger partial charge < -0.3 is 10.2 Å². The number of aryl methyl sites for hydroxylation is 1. The smallest absolute Gasteiger partial charge is 0.229 e. The molecule has 0 saturated carbocycles. The minimum atomic E-state index is -0.380. The Bertz CT molecular complexity index is 809. The molecular formula is C18H16BrClN2O2. The third-order valence-corrected chi connectivity index (χ3v) is 4.80. The van der Waals surface area contributed by atoms with Crippen molar-refractivity contribution in [1.82, 2.24) is 0 Å². The van der Waals surface area contributed by atoms with Crippen LogP contribution >= 0.6 is 27.5 Å². The second kappa shape index (κ2) is 6.95. The Kier molecular flexibility index (Phi) is 4.92.